The summed E-state index contributed by atoms with van der Waals surface area (Å²) in [4.78, 5) is 23.9. The van der Waals surface area contributed by atoms with Crippen molar-refractivity contribution in [3.8, 4) is 0 Å². The first kappa shape index (κ1) is 16.0. The minimum Gasteiger partial charge on any atom is -0.336 e. The molecule has 0 radical (unpaired) electrons. The monoisotopic (exact) mass is 342 g/mol. The molecule has 0 unspecified atom stereocenters. The lowest BCUT2D eigenvalue weighted by Crippen LogP contribution is -2.39. The Bertz CT molecular complexity index is 1190. The third kappa shape index (κ3) is 2.84. The second-order valence-corrected chi connectivity index (χ2v) is 6.40. The molecule has 4 rings (SSSR count). The van der Waals surface area contributed by atoms with E-state index in [1.54, 1.807) is 0 Å². The van der Waals surface area contributed by atoms with E-state index < -0.39 is 0 Å². The van der Waals surface area contributed by atoms with Gasteiger partial charge in [-0.05, 0) is 13.8 Å². The average molecular weight is 342 g/mol. The van der Waals surface area contributed by atoms with Crippen molar-refractivity contribution in [2.75, 3.05) is 5.32 Å². The zero-order valence-electron chi connectivity index (χ0n) is 14.6. The summed E-state index contributed by atoms with van der Waals surface area (Å²) in [5, 5.41) is 3.56. The van der Waals surface area contributed by atoms with Crippen LogP contribution < -0.4 is 21.7 Å². The molecule has 0 saturated carbocycles. The molecule has 2 N–H and O–H groups in total. The van der Waals surface area contributed by atoms with Gasteiger partial charge in [-0.1, -0.05) is 66.2 Å². The van der Waals surface area contributed by atoms with Crippen LogP contribution in [0.3, 0.4) is 0 Å². The molecule has 0 bridgehead atoms. The summed E-state index contributed by atoms with van der Waals surface area (Å²) in [6.07, 6.45) is 0. The molecule has 1 aromatic heterocycles. The molecule has 5 heteroatoms. The van der Waals surface area contributed by atoms with E-state index in [9.17, 15) is 4.79 Å². The van der Waals surface area contributed by atoms with E-state index in [0.29, 0.717) is 17.0 Å². The number of rotatable bonds is 2. The quantitative estimate of drug-likeness (QED) is 0.751. The molecule has 0 aliphatic carbocycles. The van der Waals surface area contributed by atoms with Crippen LogP contribution in [-0.4, -0.2) is 9.97 Å². The molecule has 3 aromatic rings. The largest absolute Gasteiger partial charge is 0.336 e. The first-order valence-corrected chi connectivity index (χ1v) is 8.34. The Kier molecular flexibility index (Phi) is 3.77. The van der Waals surface area contributed by atoms with Gasteiger partial charge in [-0.15, -0.1) is 0 Å². The van der Waals surface area contributed by atoms with Crippen molar-refractivity contribution in [3.05, 3.63) is 92.0 Å². The molecule has 0 fully saturated rings. The van der Waals surface area contributed by atoms with E-state index in [2.05, 4.69) is 26.9 Å². The van der Waals surface area contributed by atoms with Gasteiger partial charge in [0.05, 0.1) is 11.4 Å². The minimum absolute atomic E-state index is 0.267. The molecular formula is C21H18N4O. The summed E-state index contributed by atoms with van der Waals surface area (Å²) < 4.78 is 0. The molecule has 2 aromatic carbocycles. The maximum atomic E-state index is 12.3. The number of aromatic nitrogens is 2. The van der Waals surface area contributed by atoms with Gasteiger partial charge in [-0.2, -0.15) is 0 Å². The third-order valence-corrected chi connectivity index (χ3v) is 4.31. The number of hydrogen-bond donors (Lipinski definition) is 2. The summed E-state index contributed by atoms with van der Waals surface area (Å²) in [6, 6.07) is 16.2. The fourth-order valence-corrected chi connectivity index (χ4v) is 2.90. The number of nitrogens with zero attached hydrogens (tertiary/aromatic N) is 2. The van der Waals surface area contributed by atoms with Crippen LogP contribution in [0.4, 0.5) is 5.82 Å². The van der Waals surface area contributed by atoms with Crippen LogP contribution in [0, 0.1) is 13.8 Å². The van der Waals surface area contributed by atoms with Crippen LogP contribution in [-0.2, 0) is 0 Å². The SMILES string of the molecule is C=c1nc2c(c(=O)[nH]1)=NC(c1ccc(C)cc1)=C(c1ccc(C)cc1)N2. The van der Waals surface area contributed by atoms with Crippen LogP contribution in [0.25, 0.3) is 18.0 Å². The van der Waals surface area contributed by atoms with Crippen molar-refractivity contribution in [1.29, 1.82) is 0 Å². The molecule has 0 amide bonds. The van der Waals surface area contributed by atoms with E-state index in [1.165, 1.54) is 5.56 Å². The van der Waals surface area contributed by atoms with Gasteiger partial charge in [-0.3, -0.25) is 4.79 Å². The van der Waals surface area contributed by atoms with E-state index in [4.69, 9.17) is 0 Å². The molecule has 1 aliphatic rings. The van der Waals surface area contributed by atoms with Crippen molar-refractivity contribution in [3.63, 3.8) is 0 Å². The smallest absolute Gasteiger partial charge is 0.279 e. The summed E-state index contributed by atoms with van der Waals surface area (Å²) in [5.41, 5.74) is 5.78. The van der Waals surface area contributed by atoms with Crippen LogP contribution in [0.2, 0.25) is 0 Å². The molecule has 26 heavy (non-hydrogen) atoms. The first-order valence-electron chi connectivity index (χ1n) is 8.34. The number of H-pyrrole nitrogens is 1. The summed E-state index contributed by atoms with van der Waals surface area (Å²) >= 11 is 0. The van der Waals surface area contributed by atoms with E-state index >= 15 is 0 Å². The number of benzene rings is 2. The second-order valence-electron chi connectivity index (χ2n) is 6.40. The molecule has 1 aliphatic heterocycles. The molecule has 5 nitrogen and oxygen atoms in total. The Hall–Kier alpha value is -3.47. The summed E-state index contributed by atoms with van der Waals surface area (Å²) in [7, 11) is 0. The van der Waals surface area contributed by atoms with E-state index in [0.717, 1.165) is 22.4 Å². The Morgan fingerprint density at radius 1 is 0.885 bits per heavy atom. The van der Waals surface area contributed by atoms with Gasteiger partial charge >= 0.3 is 0 Å². The summed E-state index contributed by atoms with van der Waals surface area (Å²) in [5.74, 6) is 0.421. The van der Waals surface area contributed by atoms with Gasteiger partial charge in [0.2, 0.25) is 0 Å². The fraction of sp³-hybridized carbons (Fsp3) is 0.0952. The highest BCUT2D eigenvalue weighted by Gasteiger charge is 2.19. The number of aryl methyl sites for hydroxylation is 2. The zero-order chi connectivity index (χ0) is 18.3. The van der Waals surface area contributed by atoms with Crippen LogP contribution in [0.5, 0.6) is 0 Å². The Balaban J connectivity index is 2.01. The lowest BCUT2D eigenvalue weighted by Gasteiger charge is -2.19. The highest BCUT2D eigenvalue weighted by Crippen LogP contribution is 2.29. The highest BCUT2D eigenvalue weighted by molar-refractivity contribution is 5.96. The van der Waals surface area contributed by atoms with Gasteiger partial charge in [0.15, 0.2) is 11.2 Å². The van der Waals surface area contributed by atoms with Gasteiger partial charge in [0, 0.05) is 11.1 Å². The van der Waals surface area contributed by atoms with Crippen LogP contribution >= 0.6 is 0 Å². The Labute approximate surface area is 150 Å². The van der Waals surface area contributed by atoms with Gasteiger partial charge in [0.25, 0.3) is 5.56 Å². The van der Waals surface area contributed by atoms with Crippen molar-refractivity contribution >= 4 is 23.8 Å². The van der Waals surface area contributed by atoms with E-state index in [1.807, 2.05) is 62.4 Å². The number of anilines is 1. The third-order valence-electron chi connectivity index (χ3n) is 4.31. The Morgan fingerprint density at radius 3 is 2.08 bits per heavy atom. The van der Waals surface area contributed by atoms with Gasteiger partial charge in [0.1, 0.15) is 5.48 Å². The maximum Gasteiger partial charge on any atom is 0.279 e. The number of aromatic amines is 1. The van der Waals surface area contributed by atoms with Crippen molar-refractivity contribution in [2.24, 2.45) is 4.99 Å². The lowest BCUT2D eigenvalue weighted by atomic mass is 10.0. The fourth-order valence-electron chi connectivity index (χ4n) is 2.90. The van der Waals surface area contributed by atoms with Crippen LogP contribution in [0.15, 0.2) is 58.3 Å². The zero-order valence-corrected chi connectivity index (χ0v) is 14.6. The van der Waals surface area contributed by atoms with Crippen molar-refractivity contribution in [1.82, 2.24) is 9.97 Å². The van der Waals surface area contributed by atoms with E-state index in [-0.39, 0.29) is 10.9 Å². The normalized spacial score (nSPS) is 13.0. The van der Waals surface area contributed by atoms with Crippen molar-refractivity contribution in [2.45, 2.75) is 13.8 Å². The highest BCUT2D eigenvalue weighted by atomic mass is 16.1. The molecule has 0 atom stereocenters. The second kappa shape index (κ2) is 6.11. The molecule has 2 heterocycles. The van der Waals surface area contributed by atoms with Gasteiger partial charge in [-0.25, -0.2) is 9.98 Å². The lowest BCUT2D eigenvalue weighted by molar-refractivity contribution is 1.01. The molecule has 0 saturated heterocycles. The first-order chi connectivity index (χ1) is 12.5. The average Bonchev–Trinajstić information content (AvgIpc) is 2.62. The molecular weight excluding hydrogens is 324 g/mol. The standard InChI is InChI=1S/C21H18N4O/c1-12-4-8-15(9-5-12)17-18(16-10-6-13(2)7-11-16)25-20-19(24-17)21(26)23-14(3)22-20/h4-11H,3H2,1-2H3,(H,22,25)(H,23,26). The molecule has 0 spiro atoms. The number of fused-ring (bicyclic) bond motifs is 1. The summed E-state index contributed by atoms with van der Waals surface area (Å²) in [6.45, 7) is 7.80. The number of hydrogen-bond acceptors (Lipinski definition) is 4. The maximum absolute atomic E-state index is 12.3. The van der Waals surface area contributed by atoms with Gasteiger partial charge < -0.3 is 10.3 Å². The predicted octanol–water partition coefficient (Wildman–Crippen LogP) is 2.37. The molecule has 128 valence electrons. The Morgan fingerprint density at radius 2 is 1.46 bits per heavy atom. The predicted molar refractivity (Wildman–Crippen MR) is 104 cm³/mol. The topological polar surface area (TPSA) is 70.1 Å². The van der Waals surface area contributed by atoms with Crippen LogP contribution in [0.1, 0.15) is 22.3 Å². The number of nitrogens with one attached hydrogen (secondary N) is 2. The minimum atomic E-state index is -0.305. The van der Waals surface area contributed by atoms with Crippen molar-refractivity contribution < 1.29 is 0 Å².